The van der Waals surface area contributed by atoms with E-state index in [1.807, 2.05) is 10.3 Å². The summed E-state index contributed by atoms with van der Waals surface area (Å²) in [4.78, 5) is 17.5. The Morgan fingerprint density at radius 1 is 1.27 bits per heavy atom. The number of hydrogen-bond donors (Lipinski definition) is 1. The number of aryl methyl sites for hydroxylation is 1. The first-order chi connectivity index (χ1) is 10.6. The van der Waals surface area contributed by atoms with Crippen LogP contribution in [0.5, 0.6) is 0 Å². The Bertz CT molecular complexity index is 607. The number of aromatic nitrogens is 1. The topological polar surface area (TPSA) is 53.4 Å². The zero-order chi connectivity index (χ0) is 15.9. The molecule has 0 atom stereocenters. The number of carboxylic acids is 1. The summed E-state index contributed by atoms with van der Waals surface area (Å²) >= 11 is 1.61. The second-order valence-corrected chi connectivity index (χ2v) is 6.16. The number of benzene rings is 1. The van der Waals surface area contributed by atoms with E-state index in [4.69, 9.17) is 5.11 Å². The quantitative estimate of drug-likeness (QED) is 0.807. The molecule has 0 aliphatic carbocycles. The highest BCUT2D eigenvalue weighted by molar-refractivity contribution is 7.13. The van der Waals surface area contributed by atoms with Crippen molar-refractivity contribution >= 4 is 17.3 Å². The number of rotatable bonds is 8. The van der Waals surface area contributed by atoms with E-state index in [2.05, 4.69) is 43.1 Å². The fourth-order valence-electron chi connectivity index (χ4n) is 2.35. The van der Waals surface area contributed by atoms with Gasteiger partial charge in [0.1, 0.15) is 5.01 Å². The first kappa shape index (κ1) is 16.6. The highest BCUT2D eigenvalue weighted by Gasteiger charge is 2.12. The van der Waals surface area contributed by atoms with Crippen LogP contribution in [0.3, 0.4) is 0 Å². The molecule has 1 heterocycles. The third-order valence-electron chi connectivity index (χ3n) is 3.45. The average Bonchev–Trinajstić information content (AvgIpc) is 2.95. The van der Waals surface area contributed by atoms with Gasteiger partial charge in [-0.2, -0.15) is 0 Å². The van der Waals surface area contributed by atoms with Crippen molar-refractivity contribution in [2.24, 2.45) is 0 Å². The number of hydrogen-bond acceptors (Lipinski definition) is 4. The van der Waals surface area contributed by atoms with Gasteiger partial charge in [0.05, 0.1) is 12.2 Å². The molecular formula is C17H22N2O2S. The van der Waals surface area contributed by atoms with E-state index in [1.54, 1.807) is 11.3 Å². The number of carbonyl (C=O) groups is 1. The molecular weight excluding hydrogens is 296 g/mol. The van der Waals surface area contributed by atoms with Gasteiger partial charge in [-0.15, -0.1) is 11.3 Å². The predicted octanol–water partition coefficient (Wildman–Crippen LogP) is 3.67. The molecule has 0 aliphatic rings. The maximum atomic E-state index is 10.9. The Labute approximate surface area is 135 Å². The fourth-order valence-corrected chi connectivity index (χ4v) is 3.16. The van der Waals surface area contributed by atoms with Gasteiger partial charge in [-0.25, -0.2) is 4.98 Å². The summed E-state index contributed by atoms with van der Waals surface area (Å²) in [7, 11) is 0. The Kier molecular flexibility index (Phi) is 6.10. The molecule has 1 N–H and O–H groups in total. The first-order valence-electron chi connectivity index (χ1n) is 7.60. The van der Waals surface area contributed by atoms with Crippen LogP contribution < -0.4 is 0 Å². The number of carboxylic acid groups (broad SMARTS) is 1. The van der Waals surface area contributed by atoms with Crippen LogP contribution in [0.1, 0.15) is 31.5 Å². The zero-order valence-electron chi connectivity index (χ0n) is 13.1. The summed E-state index contributed by atoms with van der Waals surface area (Å²) in [6, 6.07) is 8.46. The third-order valence-corrected chi connectivity index (χ3v) is 4.39. The number of thiazole rings is 1. The van der Waals surface area contributed by atoms with Gasteiger partial charge in [0, 0.05) is 17.5 Å². The summed E-state index contributed by atoms with van der Waals surface area (Å²) < 4.78 is 0. The van der Waals surface area contributed by atoms with E-state index in [0.29, 0.717) is 6.54 Å². The van der Waals surface area contributed by atoms with E-state index in [9.17, 15) is 4.79 Å². The minimum Gasteiger partial charge on any atom is -0.480 e. The molecule has 0 bridgehead atoms. The molecule has 1 aromatic heterocycles. The number of nitrogens with zero attached hydrogens (tertiary/aromatic N) is 2. The van der Waals surface area contributed by atoms with Crippen molar-refractivity contribution in [3.05, 3.63) is 40.9 Å². The molecule has 2 rings (SSSR count). The highest BCUT2D eigenvalue weighted by Crippen LogP contribution is 2.24. The fraction of sp³-hybridized carbons (Fsp3) is 0.412. The molecule has 0 fully saturated rings. The van der Waals surface area contributed by atoms with Crippen LogP contribution in [0.2, 0.25) is 0 Å². The zero-order valence-corrected chi connectivity index (χ0v) is 13.9. The lowest BCUT2D eigenvalue weighted by molar-refractivity contribution is -0.138. The lowest BCUT2D eigenvalue weighted by Crippen LogP contribution is -2.30. The van der Waals surface area contributed by atoms with Crippen LogP contribution in [0.15, 0.2) is 29.6 Å². The summed E-state index contributed by atoms with van der Waals surface area (Å²) in [6.45, 7) is 5.61. The lowest BCUT2D eigenvalue weighted by Gasteiger charge is -2.17. The molecule has 22 heavy (non-hydrogen) atoms. The molecule has 0 saturated carbocycles. The van der Waals surface area contributed by atoms with E-state index >= 15 is 0 Å². The summed E-state index contributed by atoms with van der Waals surface area (Å²) in [5.74, 6) is -0.793. The second-order valence-electron chi connectivity index (χ2n) is 5.30. The summed E-state index contributed by atoms with van der Waals surface area (Å²) in [5, 5.41) is 12.0. The van der Waals surface area contributed by atoms with Crippen molar-refractivity contribution in [1.82, 2.24) is 9.88 Å². The molecule has 0 saturated heterocycles. The molecule has 0 unspecified atom stereocenters. The Morgan fingerprint density at radius 3 is 2.59 bits per heavy atom. The van der Waals surface area contributed by atoms with Gasteiger partial charge in [-0.3, -0.25) is 9.69 Å². The predicted molar refractivity (Wildman–Crippen MR) is 90.1 cm³/mol. The Balaban J connectivity index is 2.07. The van der Waals surface area contributed by atoms with Crippen LogP contribution >= 0.6 is 11.3 Å². The van der Waals surface area contributed by atoms with Gasteiger partial charge in [-0.05, 0) is 24.9 Å². The van der Waals surface area contributed by atoms with Crippen LogP contribution in [-0.2, 0) is 17.8 Å². The molecule has 0 aliphatic heterocycles. The van der Waals surface area contributed by atoms with Gasteiger partial charge in [0.15, 0.2) is 0 Å². The normalized spacial score (nSPS) is 11.0. The minimum atomic E-state index is -0.793. The van der Waals surface area contributed by atoms with Crippen LogP contribution in [-0.4, -0.2) is 34.0 Å². The number of aliphatic carboxylic acids is 1. The van der Waals surface area contributed by atoms with Gasteiger partial charge in [0.25, 0.3) is 0 Å². The monoisotopic (exact) mass is 318 g/mol. The Hall–Kier alpha value is -1.72. The molecule has 1 aromatic carbocycles. The smallest absolute Gasteiger partial charge is 0.317 e. The average molecular weight is 318 g/mol. The van der Waals surface area contributed by atoms with E-state index in [0.717, 1.165) is 35.7 Å². The summed E-state index contributed by atoms with van der Waals surface area (Å²) in [5.41, 5.74) is 3.37. The molecule has 0 spiro atoms. The van der Waals surface area contributed by atoms with E-state index in [-0.39, 0.29) is 6.54 Å². The van der Waals surface area contributed by atoms with Crippen LogP contribution in [0, 0.1) is 0 Å². The molecule has 5 heteroatoms. The van der Waals surface area contributed by atoms with Crippen molar-refractivity contribution < 1.29 is 9.90 Å². The van der Waals surface area contributed by atoms with Gasteiger partial charge in [-0.1, -0.05) is 38.1 Å². The van der Waals surface area contributed by atoms with Crippen molar-refractivity contribution in [3.63, 3.8) is 0 Å². The van der Waals surface area contributed by atoms with E-state index in [1.165, 1.54) is 5.56 Å². The molecule has 118 valence electrons. The van der Waals surface area contributed by atoms with Crippen LogP contribution in [0.4, 0.5) is 0 Å². The lowest BCUT2D eigenvalue weighted by atomic mass is 10.1. The van der Waals surface area contributed by atoms with Crippen LogP contribution in [0.25, 0.3) is 10.6 Å². The SMILES string of the molecule is CCCN(CC(=O)O)Cc1csc(-c2ccc(CC)cc2)n1. The van der Waals surface area contributed by atoms with Gasteiger partial charge >= 0.3 is 5.97 Å². The maximum Gasteiger partial charge on any atom is 0.317 e. The molecule has 0 amide bonds. The molecule has 2 aromatic rings. The van der Waals surface area contributed by atoms with Crippen molar-refractivity contribution in [2.75, 3.05) is 13.1 Å². The van der Waals surface area contributed by atoms with Crippen molar-refractivity contribution in [1.29, 1.82) is 0 Å². The third kappa shape index (κ3) is 4.64. The molecule has 4 nitrogen and oxygen atoms in total. The summed E-state index contributed by atoms with van der Waals surface area (Å²) in [6.07, 6.45) is 1.97. The maximum absolute atomic E-state index is 10.9. The largest absolute Gasteiger partial charge is 0.480 e. The standard InChI is InChI=1S/C17H22N2O2S/c1-3-9-19(11-16(20)21)10-15-12-22-17(18-15)14-7-5-13(4-2)6-8-14/h5-8,12H,3-4,9-11H2,1-2H3,(H,20,21). The van der Waals surface area contributed by atoms with E-state index < -0.39 is 5.97 Å². The minimum absolute atomic E-state index is 0.0614. The highest BCUT2D eigenvalue weighted by atomic mass is 32.1. The molecule has 0 radical (unpaired) electrons. The Morgan fingerprint density at radius 2 is 2.00 bits per heavy atom. The van der Waals surface area contributed by atoms with Crippen molar-refractivity contribution in [3.8, 4) is 10.6 Å². The second kappa shape index (κ2) is 8.06. The van der Waals surface area contributed by atoms with Gasteiger partial charge in [0.2, 0.25) is 0 Å². The first-order valence-corrected chi connectivity index (χ1v) is 8.48. The van der Waals surface area contributed by atoms with Crippen molar-refractivity contribution in [2.45, 2.75) is 33.2 Å². The van der Waals surface area contributed by atoms with Gasteiger partial charge < -0.3 is 5.11 Å².